The van der Waals surface area contributed by atoms with Gasteiger partial charge in [-0.15, -0.1) is 10.2 Å². The van der Waals surface area contributed by atoms with Crippen molar-refractivity contribution in [3.05, 3.63) is 54.5 Å². The van der Waals surface area contributed by atoms with Gasteiger partial charge >= 0.3 is 0 Å². The van der Waals surface area contributed by atoms with Crippen molar-refractivity contribution >= 4 is 16.6 Å². The minimum Gasteiger partial charge on any atom is -0.484 e. The maximum Gasteiger partial charge on any atom is 0.296 e. The molecular weight excluding hydrogens is 383 g/mol. The van der Waals surface area contributed by atoms with E-state index < -0.39 is 24.4 Å². The Balaban J connectivity index is 1.51. The first-order valence-electron chi connectivity index (χ1n) is 9.17. The van der Waals surface area contributed by atoms with E-state index in [2.05, 4.69) is 20.5 Å². The van der Waals surface area contributed by atoms with Gasteiger partial charge in [0.1, 0.15) is 17.0 Å². The van der Waals surface area contributed by atoms with E-state index in [4.69, 9.17) is 4.74 Å². The molecule has 6 nitrogen and oxygen atoms in total. The third-order valence-corrected chi connectivity index (χ3v) is 4.96. The van der Waals surface area contributed by atoms with Crippen LogP contribution in [0.15, 0.2) is 48.7 Å². The van der Waals surface area contributed by atoms with E-state index in [1.54, 1.807) is 28.8 Å². The molecule has 0 aliphatic carbocycles. The van der Waals surface area contributed by atoms with Crippen LogP contribution in [0.1, 0.15) is 6.42 Å². The summed E-state index contributed by atoms with van der Waals surface area (Å²) in [6.07, 6.45) is 0.641. The Labute approximate surface area is 163 Å². The zero-order chi connectivity index (χ0) is 20.0. The Hall–Kier alpha value is -3.20. The van der Waals surface area contributed by atoms with Crippen molar-refractivity contribution in [1.29, 1.82) is 0 Å². The summed E-state index contributed by atoms with van der Waals surface area (Å²) >= 11 is 0. The maximum absolute atomic E-state index is 14.7. The van der Waals surface area contributed by atoms with Gasteiger partial charge in [-0.25, -0.2) is 18.2 Å². The predicted octanol–water partition coefficient (Wildman–Crippen LogP) is 3.46. The number of rotatable bonds is 3. The van der Waals surface area contributed by atoms with Crippen molar-refractivity contribution in [1.82, 2.24) is 24.9 Å². The number of benzene rings is 1. The van der Waals surface area contributed by atoms with Crippen LogP contribution in [0.4, 0.5) is 13.2 Å². The Morgan fingerprint density at radius 3 is 2.90 bits per heavy atom. The molecule has 9 heteroatoms. The van der Waals surface area contributed by atoms with E-state index in [0.29, 0.717) is 29.1 Å². The third kappa shape index (κ3) is 3.17. The summed E-state index contributed by atoms with van der Waals surface area (Å²) in [4.78, 5) is 4.37. The second-order valence-electron chi connectivity index (χ2n) is 6.96. The number of ether oxygens (including phenoxy) is 1. The molecule has 1 unspecified atom stereocenters. The zero-order valence-electron chi connectivity index (χ0n) is 15.1. The van der Waals surface area contributed by atoms with Crippen molar-refractivity contribution in [2.24, 2.45) is 0 Å². The molecule has 1 saturated heterocycles. The van der Waals surface area contributed by atoms with Gasteiger partial charge in [0.15, 0.2) is 23.4 Å². The normalized spacial score (nSPS) is 18.9. The molecule has 29 heavy (non-hydrogen) atoms. The molecule has 0 bridgehead atoms. The molecule has 148 valence electrons. The van der Waals surface area contributed by atoms with Crippen LogP contribution in [0.2, 0.25) is 0 Å². The van der Waals surface area contributed by atoms with Gasteiger partial charge < -0.3 is 10.1 Å². The molecule has 0 spiro atoms. The van der Waals surface area contributed by atoms with Gasteiger partial charge in [0.05, 0.1) is 6.54 Å². The average molecular weight is 399 g/mol. The van der Waals surface area contributed by atoms with Crippen LogP contribution in [0, 0.1) is 5.82 Å². The van der Waals surface area contributed by atoms with Crippen molar-refractivity contribution in [2.75, 3.05) is 13.1 Å². The van der Waals surface area contributed by atoms with Crippen LogP contribution in [0.5, 0.6) is 5.75 Å². The highest BCUT2D eigenvalue weighted by Gasteiger charge is 2.43. The molecule has 0 saturated carbocycles. The number of nitrogens with zero attached hydrogens (tertiary/aromatic N) is 4. The Bertz CT molecular complexity index is 1210. The van der Waals surface area contributed by atoms with Gasteiger partial charge in [0.25, 0.3) is 5.92 Å². The second-order valence-corrected chi connectivity index (χ2v) is 6.96. The SMILES string of the molecule is Fc1cc(OC2CCNCC2(F)F)cc2ccc(-c3nnc4ccccn34)nc12. The van der Waals surface area contributed by atoms with E-state index in [-0.39, 0.29) is 17.7 Å². The Morgan fingerprint density at radius 2 is 2.03 bits per heavy atom. The molecule has 0 radical (unpaired) electrons. The quantitative estimate of drug-likeness (QED) is 0.572. The predicted molar refractivity (Wildman–Crippen MR) is 101 cm³/mol. The van der Waals surface area contributed by atoms with Crippen molar-refractivity contribution in [3.8, 4) is 17.3 Å². The maximum atomic E-state index is 14.7. The minimum atomic E-state index is -3.01. The number of alkyl halides is 2. The fourth-order valence-corrected chi connectivity index (χ4v) is 3.50. The largest absolute Gasteiger partial charge is 0.484 e. The van der Waals surface area contributed by atoms with Gasteiger partial charge in [-0.3, -0.25) is 4.40 Å². The molecule has 1 aliphatic rings. The number of halogens is 3. The van der Waals surface area contributed by atoms with Crippen molar-refractivity contribution in [3.63, 3.8) is 0 Å². The first kappa shape index (κ1) is 17.9. The molecule has 1 aliphatic heterocycles. The minimum absolute atomic E-state index is 0.0593. The van der Waals surface area contributed by atoms with Gasteiger partial charge in [-0.05, 0) is 30.8 Å². The molecule has 5 rings (SSSR count). The highest BCUT2D eigenvalue weighted by Crippen LogP contribution is 2.31. The molecule has 0 amide bonds. The summed E-state index contributed by atoms with van der Waals surface area (Å²) in [6, 6.07) is 11.5. The number of piperidine rings is 1. The zero-order valence-corrected chi connectivity index (χ0v) is 15.1. The Kier molecular flexibility index (Phi) is 4.13. The van der Waals surface area contributed by atoms with Crippen molar-refractivity contribution in [2.45, 2.75) is 18.4 Å². The molecule has 1 atom stereocenters. The van der Waals surface area contributed by atoms with Crippen LogP contribution in [0.3, 0.4) is 0 Å². The monoisotopic (exact) mass is 399 g/mol. The first-order chi connectivity index (χ1) is 14.0. The van der Waals surface area contributed by atoms with Crippen LogP contribution in [-0.2, 0) is 0 Å². The number of nitrogens with one attached hydrogen (secondary N) is 1. The molecule has 4 heterocycles. The lowest BCUT2D eigenvalue weighted by Gasteiger charge is -2.32. The summed E-state index contributed by atoms with van der Waals surface area (Å²) in [5.74, 6) is -3.12. The standard InChI is InChI=1S/C20H16F3N5O/c21-14-10-13(29-16-6-7-24-11-20(16,22)23)9-12-4-5-15(25-18(12)14)19-27-26-17-3-1-2-8-28(17)19/h1-5,8-10,16,24H,6-7,11H2. The fourth-order valence-electron chi connectivity index (χ4n) is 3.50. The van der Waals surface area contributed by atoms with E-state index >= 15 is 0 Å². The van der Waals surface area contributed by atoms with Crippen LogP contribution < -0.4 is 10.1 Å². The fraction of sp³-hybridized carbons (Fsp3) is 0.250. The third-order valence-electron chi connectivity index (χ3n) is 4.96. The highest BCUT2D eigenvalue weighted by molar-refractivity contribution is 5.83. The number of fused-ring (bicyclic) bond motifs is 2. The lowest BCUT2D eigenvalue weighted by atomic mass is 10.1. The van der Waals surface area contributed by atoms with Gasteiger partial charge in [-0.1, -0.05) is 12.1 Å². The van der Waals surface area contributed by atoms with E-state index in [1.807, 2.05) is 12.1 Å². The van der Waals surface area contributed by atoms with Gasteiger partial charge in [0, 0.05) is 24.1 Å². The summed E-state index contributed by atoms with van der Waals surface area (Å²) in [5, 5.41) is 11.3. The molecule has 3 aromatic heterocycles. The molecule has 1 N–H and O–H groups in total. The number of aromatic nitrogens is 4. The smallest absolute Gasteiger partial charge is 0.296 e. The first-order valence-corrected chi connectivity index (χ1v) is 9.17. The van der Waals surface area contributed by atoms with E-state index in [1.165, 1.54) is 6.07 Å². The lowest BCUT2D eigenvalue weighted by molar-refractivity contribution is -0.108. The molecular formula is C20H16F3N5O. The van der Waals surface area contributed by atoms with Gasteiger partial charge in [-0.2, -0.15) is 0 Å². The second kappa shape index (κ2) is 6.70. The highest BCUT2D eigenvalue weighted by atomic mass is 19.3. The molecule has 1 aromatic carbocycles. The Morgan fingerprint density at radius 1 is 1.14 bits per heavy atom. The van der Waals surface area contributed by atoms with Crippen LogP contribution in [0.25, 0.3) is 28.1 Å². The topological polar surface area (TPSA) is 64.3 Å². The number of pyridine rings is 2. The molecule has 4 aromatic rings. The number of hydrogen-bond acceptors (Lipinski definition) is 5. The molecule has 1 fully saturated rings. The summed E-state index contributed by atoms with van der Waals surface area (Å²) in [7, 11) is 0. The summed E-state index contributed by atoms with van der Waals surface area (Å²) in [6.45, 7) is -0.0293. The lowest BCUT2D eigenvalue weighted by Crippen LogP contribution is -2.52. The summed E-state index contributed by atoms with van der Waals surface area (Å²) < 4.78 is 49.9. The number of hydrogen-bond donors (Lipinski definition) is 1. The van der Waals surface area contributed by atoms with Gasteiger partial charge in [0.2, 0.25) is 0 Å². The van der Waals surface area contributed by atoms with Crippen LogP contribution in [-0.4, -0.2) is 44.7 Å². The van der Waals surface area contributed by atoms with E-state index in [9.17, 15) is 13.2 Å². The van der Waals surface area contributed by atoms with E-state index in [0.717, 1.165) is 6.07 Å². The summed E-state index contributed by atoms with van der Waals surface area (Å²) in [5.41, 5.74) is 1.21. The van der Waals surface area contributed by atoms with Crippen molar-refractivity contribution < 1.29 is 17.9 Å². The van der Waals surface area contributed by atoms with Crippen LogP contribution >= 0.6 is 0 Å². The average Bonchev–Trinajstić information content (AvgIpc) is 3.14.